The summed E-state index contributed by atoms with van der Waals surface area (Å²) in [6.45, 7) is 0.940. The number of hydrogen-bond acceptors (Lipinski definition) is 4. The zero-order valence-corrected chi connectivity index (χ0v) is 10.4. The van der Waals surface area contributed by atoms with Crippen molar-refractivity contribution in [1.82, 2.24) is 0 Å². The normalized spacial score (nSPS) is 14.9. The summed E-state index contributed by atoms with van der Waals surface area (Å²) in [5.74, 6) is 0.505. The zero-order valence-electron chi connectivity index (χ0n) is 9.56. The van der Waals surface area contributed by atoms with Crippen molar-refractivity contribution in [3.8, 4) is 0 Å². The van der Waals surface area contributed by atoms with Crippen LogP contribution in [0.25, 0.3) is 0 Å². The van der Waals surface area contributed by atoms with Crippen LogP contribution in [0.1, 0.15) is 5.56 Å². The lowest BCUT2D eigenvalue weighted by Gasteiger charge is -2.28. The van der Waals surface area contributed by atoms with Crippen LogP contribution in [-0.4, -0.2) is 36.5 Å². The molecule has 1 aliphatic heterocycles. The number of aliphatic hydroxyl groups is 1. The molecule has 4 nitrogen and oxygen atoms in total. The molecule has 0 atom stereocenters. The van der Waals surface area contributed by atoms with Crippen LogP contribution in [0.2, 0.25) is 0 Å². The summed E-state index contributed by atoms with van der Waals surface area (Å²) >= 11 is 1.55. The Bertz CT molecular complexity index is 423. The van der Waals surface area contributed by atoms with Crippen molar-refractivity contribution in [2.75, 3.05) is 30.3 Å². The van der Waals surface area contributed by atoms with Crippen molar-refractivity contribution < 1.29 is 9.90 Å². The Labute approximate surface area is 105 Å². The molecule has 17 heavy (non-hydrogen) atoms. The van der Waals surface area contributed by atoms with Gasteiger partial charge < -0.3 is 15.7 Å². The van der Waals surface area contributed by atoms with E-state index in [4.69, 9.17) is 10.8 Å². The smallest absolute Gasteiger partial charge is 0.237 e. The predicted octanol–water partition coefficient (Wildman–Crippen LogP) is 0.619. The van der Waals surface area contributed by atoms with Gasteiger partial charge >= 0.3 is 0 Å². The maximum Gasteiger partial charge on any atom is 0.237 e. The number of thioether (sulfide) groups is 1. The molecule has 0 aliphatic carbocycles. The summed E-state index contributed by atoms with van der Waals surface area (Å²) in [6, 6.07) is 6.08. The molecule has 2 rings (SSSR count). The molecule has 0 aromatic heterocycles. The van der Waals surface area contributed by atoms with E-state index < -0.39 is 0 Å². The number of hydrogen-bond donors (Lipinski definition) is 2. The quantitative estimate of drug-likeness (QED) is 0.824. The van der Waals surface area contributed by atoms with E-state index >= 15 is 0 Å². The fourth-order valence-electron chi connectivity index (χ4n) is 1.92. The fraction of sp³-hybridized carbons (Fsp3) is 0.417. The molecule has 1 aliphatic rings. The predicted molar refractivity (Wildman–Crippen MR) is 69.4 cm³/mol. The summed E-state index contributed by atoms with van der Waals surface area (Å²) in [5, 5.41) is 9.01. The van der Waals surface area contributed by atoms with E-state index in [0.717, 1.165) is 22.6 Å². The summed E-state index contributed by atoms with van der Waals surface area (Å²) in [7, 11) is 0. The number of amides is 1. The van der Waals surface area contributed by atoms with Gasteiger partial charge in [-0.1, -0.05) is 6.07 Å². The maximum atomic E-state index is 11.8. The molecule has 0 saturated heterocycles. The van der Waals surface area contributed by atoms with E-state index in [-0.39, 0.29) is 12.5 Å². The fourth-order valence-corrected chi connectivity index (χ4v) is 2.83. The summed E-state index contributed by atoms with van der Waals surface area (Å²) < 4.78 is 0. The van der Waals surface area contributed by atoms with Gasteiger partial charge in [0.05, 0.1) is 18.0 Å². The highest BCUT2D eigenvalue weighted by atomic mass is 32.2. The van der Waals surface area contributed by atoms with Crippen LogP contribution in [0, 0.1) is 0 Å². The van der Waals surface area contributed by atoms with Crippen LogP contribution >= 0.6 is 11.8 Å². The van der Waals surface area contributed by atoms with Gasteiger partial charge in [-0.2, -0.15) is 0 Å². The van der Waals surface area contributed by atoms with Gasteiger partial charge in [0.25, 0.3) is 0 Å². The number of carbonyl (C=O) groups excluding carboxylic acids is 1. The van der Waals surface area contributed by atoms with Gasteiger partial charge in [0.15, 0.2) is 0 Å². The Morgan fingerprint density at radius 2 is 2.29 bits per heavy atom. The van der Waals surface area contributed by atoms with E-state index in [1.165, 1.54) is 0 Å². The van der Waals surface area contributed by atoms with Gasteiger partial charge in [-0.15, -0.1) is 11.8 Å². The molecule has 0 unspecified atom stereocenters. The number of nitrogens with zero attached hydrogens (tertiary/aromatic N) is 1. The Hall–Kier alpha value is -1.04. The minimum atomic E-state index is -0.0169. The first-order chi connectivity index (χ1) is 8.26. The highest BCUT2D eigenvalue weighted by Crippen LogP contribution is 2.35. The summed E-state index contributed by atoms with van der Waals surface area (Å²) in [4.78, 5) is 14.5. The van der Waals surface area contributed by atoms with Crippen molar-refractivity contribution in [2.24, 2.45) is 5.73 Å². The SMILES string of the molecule is NCCc1ccc2c(c1)N(CCO)C(=O)CS2. The average molecular weight is 252 g/mol. The Balaban J connectivity index is 2.34. The molecule has 5 heteroatoms. The van der Waals surface area contributed by atoms with Crippen molar-refractivity contribution in [3.63, 3.8) is 0 Å². The first-order valence-corrected chi connectivity index (χ1v) is 6.62. The molecule has 92 valence electrons. The van der Waals surface area contributed by atoms with Gasteiger partial charge in [0, 0.05) is 11.4 Å². The first-order valence-electron chi connectivity index (χ1n) is 5.63. The molecule has 1 amide bonds. The average Bonchev–Trinajstić information content (AvgIpc) is 2.33. The molecule has 0 fully saturated rings. The van der Waals surface area contributed by atoms with Gasteiger partial charge in [0.2, 0.25) is 5.91 Å². The Morgan fingerprint density at radius 3 is 3.00 bits per heavy atom. The maximum absolute atomic E-state index is 11.8. The highest BCUT2D eigenvalue weighted by Gasteiger charge is 2.24. The minimum Gasteiger partial charge on any atom is -0.395 e. The molecular formula is C12H16N2O2S. The molecular weight excluding hydrogens is 236 g/mol. The second-order valence-electron chi connectivity index (χ2n) is 3.90. The third kappa shape index (κ3) is 2.62. The van der Waals surface area contributed by atoms with Gasteiger partial charge in [-0.05, 0) is 30.7 Å². The Morgan fingerprint density at radius 1 is 1.47 bits per heavy atom. The monoisotopic (exact) mass is 252 g/mol. The van der Waals surface area contributed by atoms with Crippen molar-refractivity contribution in [3.05, 3.63) is 23.8 Å². The zero-order chi connectivity index (χ0) is 12.3. The standard InChI is InChI=1S/C12H16N2O2S/c13-4-3-9-1-2-11-10(7-9)14(5-6-15)12(16)8-17-11/h1-2,7,15H,3-6,8,13H2. The lowest BCUT2D eigenvalue weighted by molar-refractivity contribution is -0.116. The third-order valence-electron chi connectivity index (χ3n) is 2.72. The minimum absolute atomic E-state index is 0.0169. The van der Waals surface area contributed by atoms with Crippen LogP contribution in [0.3, 0.4) is 0 Å². The summed E-state index contributed by atoms with van der Waals surface area (Å²) in [6.07, 6.45) is 0.805. The number of aliphatic hydroxyl groups excluding tert-OH is 1. The number of benzene rings is 1. The van der Waals surface area contributed by atoms with Crippen LogP contribution in [0.4, 0.5) is 5.69 Å². The molecule has 1 aromatic rings. The second kappa shape index (κ2) is 5.53. The molecule has 0 bridgehead atoms. The van der Waals surface area contributed by atoms with Gasteiger partial charge in [0.1, 0.15) is 0 Å². The van der Waals surface area contributed by atoms with E-state index in [0.29, 0.717) is 18.8 Å². The Kier molecular flexibility index (Phi) is 4.04. The van der Waals surface area contributed by atoms with Gasteiger partial charge in [-0.25, -0.2) is 0 Å². The number of anilines is 1. The van der Waals surface area contributed by atoms with Crippen LogP contribution in [-0.2, 0) is 11.2 Å². The van der Waals surface area contributed by atoms with E-state index in [9.17, 15) is 4.79 Å². The number of fused-ring (bicyclic) bond motifs is 1. The number of β-amino-alcohol motifs (C(OH)–C–C–N with tert-alkyl or cyclic N) is 1. The molecule has 1 aromatic carbocycles. The van der Waals surface area contributed by atoms with Crippen molar-refractivity contribution in [1.29, 1.82) is 0 Å². The van der Waals surface area contributed by atoms with E-state index in [2.05, 4.69) is 0 Å². The third-order valence-corrected chi connectivity index (χ3v) is 3.77. The first kappa shape index (κ1) is 12.4. The molecule has 0 spiro atoms. The lowest BCUT2D eigenvalue weighted by atomic mass is 10.1. The molecule has 0 radical (unpaired) electrons. The number of rotatable bonds is 4. The van der Waals surface area contributed by atoms with Crippen LogP contribution < -0.4 is 10.6 Å². The van der Waals surface area contributed by atoms with E-state index in [1.54, 1.807) is 16.7 Å². The topological polar surface area (TPSA) is 66.6 Å². The van der Waals surface area contributed by atoms with E-state index in [1.807, 2.05) is 18.2 Å². The highest BCUT2D eigenvalue weighted by molar-refractivity contribution is 8.00. The van der Waals surface area contributed by atoms with Crippen molar-refractivity contribution in [2.45, 2.75) is 11.3 Å². The number of nitrogens with two attached hydrogens (primary N) is 1. The van der Waals surface area contributed by atoms with Crippen LogP contribution in [0.5, 0.6) is 0 Å². The number of carbonyl (C=O) groups is 1. The van der Waals surface area contributed by atoms with Gasteiger partial charge in [-0.3, -0.25) is 4.79 Å². The molecule has 1 heterocycles. The summed E-state index contributed by atoms with van der Waals surface area (Å²) in [5.41, 5.74) is 7.57. The second-order valence-corrected chi connectivity index (χ2v) is 4.92. The van der Waals surface area contributed by atoms with Crippen LogP contribution in [0.15, 0.2) is 23.1 Å². The lowest BCUT2D eigenvalue weighted by Crippen LogP contribution is -2.37. The molecule has 3 N–H and O–H groups in total. The molecule has 0 saturated carbocycles. The van der Waals surface area contributed by atoms with Crippen molar-refractivity contribution >= 4 is 23.4 Å². The largest absolute Gasteiger partial charge is 0.395 e.